The fourth-order valence-corrected chi connectivity index (χ4v) is 2.22. The lowest BCUT2D eigenvalue weighted by atomic mass is 9.97. The maximum Gasteiger partial charge on any atom is 0.222 e. The molecular weight excluding hydrogens is 198 g/mol. The number of rotatable bonds is 6. The lowest BCUT2D eigenvalue weighted by molar-refractivity contribution is -0.124. The summed E-state index contributed by atoms with van der Waals surface area (Å²) in [6.07, 6.45) is 10.6. The Morgan fingerprint density at radius 3 is 2.94 bits per heavy atom. The number of hydrogen-bond acceptors (Lipinski definition) is 1. The van der Waals surface area contributed by atoms with Crippen LogP contribution in [0.2, 0.25) is 0 Å². The molecule has 0 saturated carbocycles. The summed E-state index contributed by atoms with van der Waals surface area (Å²) >= 11 is 0. The zero-order valence-corrected chi connectivity index (χ0v) is 10.7. The molecule has 0 heterocycles. The number of amides is 1. The fraction of sp³-hybridized carbons (Fsp3) is 0.786. The molecule has 1 unspecified atom stereocenters. The molecule has 92 valence electrons. The molecule has 0 aromatic rings. The molecule has 1 aliphatic rings. The summed E-state index contributed by atoms with van der Waals surface area (Å²) in [4.78, 5) is 11.6. The number of nitrogens with one attached hydrogen (secondary N) is 1. The largest absolute Gasteiger partial charge is 0.356 e. The second-order valence-electron chi connectivity index (χ2n) is 4.84. The van der Waals surface area contributed by atoms with Crippen LogP contribution in [0, 0.1) is 5.92 Å². The van der Waals surface area contributed by atoms with Gasteiger partial charge in [0.1, 0.15) is 0 Å². The molecule has 0 aromatic carbocycles. The summed E-state index contributed by atoms with van der Waals surface area (Å²) in [6.45, 7) is 4.95. The van der Waals surface area contributed by atoms with Crippen LogP contribution in [-0.4, -0.2) is 12.5 Å². The van der Waals surface area contributed by atoms with Gasteiger partial charge in [0.25, 0.3) is 0 Å². The van der Waals surface area contributed by atoms with E-state index in [-0.39, 0.29) is 11.8 Å². The molecule has 0 radical (unpaired) electrons. The summed E-state index contributed by atoms with van der Waals surface area (Å²) in [5, 5.41) is 3.03. The lowest BCUT2D eigenvalue weighted by Gasteiger charge is -2.14. The zero-order chi connectivity index (χ0) is 11.8. The van der Waals surface area contributed by atoms with Crippen LogP contribution >= 0.6 is 0 Å². The van der Waals surface area contributed by atoms with E-state index in [4.69, 9.17) is 0 Å². The van der Waals surface area contributed by atoms with Gasteiger partial charge in [-0.1, -0.05) is 31.9 Å². The first-order valence-electron chi connectivity index (χ1n) is 6.69. The Bertz CT molecular complexity index is 245. The molecule has 0 bridgehead atoms. The summed E-state index contributed by atoms with van der Waals surface area (Å²) in [5.74, 6) is 0.392. The van der Waals surface area contributed by atoms with Crippen LogP contribution in [0.25, 0.3) is 0 Å². The smallest absolute Gasteiger partial charge is 0.222 e. The Labute approximate surface area is 99.5 Å². The molecule has 1 amide bonds. The fourth-order valence-electron chi connectivity index (χ4n) is 2.22. The molecule has 0 spiro atoms. The van der Waals surface area contributed by atoms with Gasteiger partial charge in [-0.05, 0) is 38.5 Å². The van der Waals surface area contributed by atoms with Gasteiger partial charge < -0.3 is 5.32 Å². The normalized spacial score (nSPS) is 17.8. The number of carbonyl (C=O) groups excluding carboxylic acids is 1. The molecule has 2 nitrogen and oxygen atoms in total. The van der Waals surface area contributed by atoms with E-state index < -0.39 is 0 Å². The minimum atomic E-state index is 0.172. The van der Waals surface area contributed by atoms with Gasteiger partial charge in [-0.25, -0.2) is 0 Å². The van der Waals surface area contributed by atoms with E-state index >= 15 is 0 Å². The van der Waals surface area contributed by atoms with Crippen molar-refractivity contribution >= 4 is 5.91 Å². The van der Waals surface area contributed by atoms with E-state index in [9.17, 15) is 4.79 Å². The number of carbonyl (C=O) groups is 1. The Morgan fingerprint density at radius 1 is 1.50 bits per heavy atom. The Kier molecular flexibility index (Phi) is 6.20. The van der Waals surface area contributed by atoms with Crippen LogP contribution in [-0.2, 0) is 4.79 Å². The molecule has 0 aliphatic heterocycles. The monoisotopic (exact) mass is 223 g/mol. The topological polar surface area (TPSA) is 29.1 Å². The standard InChI is InChI=1S/C14H25NO/c1-3-7-12(2)14(16)15-11-10-13-8-5-4-6-9-13/h8,12H,3-7,9-11H2,1-2H3,(H,15,16). The van der Waals surface area contributed by atoms with Crippen molar-refractivity contribution in [2.24, 2.45) is 5.92 Å². The van der Waals surface area contributed by atoms with Crippen molar-refractivity contribution in [3.05, 3.63) is 11.6 Å². The molecule has 1 atom stereocenters. The van der Waals surface area contributed by atoms with Crippen LogP contribution in [0.5, 0.6) is 0 Å². The van der Waals surface area contributed by atoms with Crippen molar-refractivity contribution in [2.45, 2.75) is 58.8 Å². The molecule has 1 rings (SSSR count). The van der Waals surface area contributed by atoms with Crippen LogP contribution in [0.3, 0.4) is 0 Å². The first-order chi connectivity index (χ1) is 7.74. The number of hydrogen-bond donors (Lipinski definition) is 1. The van der Waals surface area contributed by atoms with Gasteiger partial charge in [-0.3, -0.25) is 4.79 Å². The van der Waals surface area contributed by atoms with Crippen molar-refractivity contribution in [1.29, 1.82) is 0 Å². The Balaban J connectivity index is 2.14. The van der Waals surface area contributed by atoms with E-state index in [0.717, 1.165) is 25.8 Å². The van der Waals surface area contributed by atoms with E-state index in [1.54, 1.807) is 0 Å². The van der Waals surface area contributed by atoms with Gasteiger partial charge >= 0.3 is 0 Å². The zero-order valence-electron chi connectivity index (χ0n) is 10.7. The predicted molar refractivity (Wildman–Crippen MR) is 68.2 cm³/mol. The lowest BCUT2D eigenvalue weighted by Crippen LogP contribution is -2.30. The first-order valence-corrected chi connectivity index (χ1v) is 6.69. The Hall–Kier alpha value is -0.790. The highest BCUT2D eigenvalue weighted by molar-refractivity contribution is 5.78. The van der Waals surface area contributed by atoms with E-state index in [0.29, 0.717) is 0 Å². The molecule has 1 aliphatic carbocycles. The summed E-state index contributed by atoms with van der Waals surface area (Å²) in [5.41, 5.74) is 1.54. The predicted octanol–water partition coefficient (Wildman–Crippen LogP) is 3.43. The molecule has 1 N–H and O–H groups in total. The van der Waals surface area contributed by atoms with E-state index in [2.05, 4.69) is 18.3 Å². The highest BCUT2D eigenvalue weighted by Gasteiger charge is 2.11. The highest BCUT2D eigenvalue weighted by atomic mass is 16.1. The van der Waals surface area contributed by atoms with Gasteiger partial charge in [-0.2, -0.15) is 0 Å². The van der Waals surface area contributed by atoms with Gasteiger partial charge in [0.15, 0.2) is 0 Å². The van der Waals surface area contributed by atoms with Crippen LogP contribution in [0.15, 0.2) is 11.6 Å². The number of allylic oxidation sites excluding steroid dienone is 1. The van der Waals surface area contributed by atoms with Gasteiger partial charge in [-0.15, -0.1) is 0 Å². The second-order valence-corrected chi connectivity index (χ2v) is 4.84. The summed E-state index contributed by atoms with van der Waals surface area (Å²) in [6, 6.07) is 0. The first kappa shape index (κ1) is 13.3. The van der Waals surface area contributed by atoms with E-state index in [1.807, 2.05) is 6.92 Å². The Morgan fingerprint density at radius 2 is 2.31 bits per heavy atom. The molecule has 2 heteroatoms. The molecular formula is C14H25NO. The average molecular weight is 223 g/mol. The van der Waals surface area contributed by atoms with Crippen LogP contribution in [0.4, 0.5) is 0 Å². The summed E-state index contributed by atoms with van der Waals surface area (Å²) < 4.78 is 0. The molecule has 16 heavy (non-hydrogen) atoms. The minimum Gasteiger partial charge on any atom is -0.356 e. The maximum atomic E-state index is 11.6. The third kappa shape index (κ3) is 4.82. The van der Waals surface area contributed by atoms with Crippen molar-refractivity contribution in [3.63, 3.8) is 0 Å². The van der Waals surface area contributed by atoms with Crippen molar-refractivity contribution in [1.82, 2.24) is 5.32 Å². The van der Waals surface area contributed by atoms with Crippen molar-refractivity contribution in [2.75, 3.05) is 6.54 Å². The van der Waals surface area contributed by atoms with Gasteiger partial charge in [0, 0.05) is 12.5 Å². The van der Waals surface area contributed by atoms with Crippen molar-refractivity contribution < 1.29 is 4.79 Å². The third-order valence-corrected chi connectivity index (χ3v) is 3.30. The molecule has 0 fully saturated rings. The quantitative estimate of drug-likeness (QED) is 0.687. The molecule has 0 aromatic heterocycles. The second kappa shape index (κ2) is 7.48. The van der Waals surface area contributed by atoms with Crippen molar-refractivity contribution in [3.8, 4) is 0 Å². The summed E-state index contributed by atoms with van der Waals surface area (Å²) in [7, 11) is 0. The third-order valence-electron chi connectivity index (χ3n) is 3.30. The minimum absolute atomic E-state index is 0.172. The van der Waals surface area contributed by atoms with Gasteiger partial charge in [0.05, 0.1) is 0 Å². The SMILES string of the molecule is CCCC(C)C(=O)NCCC1=CCCCC1. The highest BCUT2D eigenvalue weighted by Crippen LogP contribution is 2.19. The van der Waals surface area contributed by atoms with Crippen LogP contribution in [0.1, 0.15) is 58.8 Å². The average Bonchev–Trinajstić information content (AvgIpc) is 2.30. The van der Waals surface area contributed by atoms with Crippen LogP contribution < -0.4 is 5.32 Å². The molecule has 0 saturated heterocycles. The van der Waals surface area contributed by atoms with E-state index in [1.165, 1.54) is 31.3 Å². The maximum absolute atomic E-state index is 11.6. The van der Waals surface area contributed by atoms with Gasteiger partial charge in [0.2, 0.25) is 5.91 Å².